The van der Waals surface area contributed by atoms with Crippen molar-refractivity contribution in [3.8, 4) is 5.69 Å². The maximum absolute atomic E-state index is 12.4. The number of carbonyl (C=O) groups is 2. The van der Waals surface area contributed by atoms with Crippen LogP contribution in [0.3, 0.4) is 0 Å². The molecule has 2 aromatic rings. The number of ether oxygens (including phenoxy) is 1. The average Bonchev–Trinajstić information content (AvgIpc) is 3.21. The second-order valence-electron chi connectivity index (χ2n) is 7.43. The fraction of sp³-hybridized carbons (Fsp3) is 0.550. The molecular weight excluding hydrogens is 372 g/mol. The van der Waals surface area contributed by atoms with Crippen molar-refractivity contribution < 1.29 is 14.3 Å². The molecule has 0 aliphatic heterocycles. The normalized spacial score (nSPS) is 21.4. The van der Waals surface area contributed by atoms with E-state index in [1.165, 1.54) is 0 Å². The summed E-state index contributed by atoms with van der Waals surface area (Å²) in [4.78, 5) is 24.5. The lowest BCUT2D eigenvalue weighted by Gasteiger charge is -2.38. The summed E-state index contributed by atoms with van der Waals surface area (Å²) in [5, 5.41) is 18.2. The van der Waals surface area contributed by atoms with Gasteiger partial charge in [-0.1, -0.05) is 13.0 Å². The summed E-state index contributed by atoms with van der Waals surface area (Å²) in [6.07, 6.45) is 3.40. The summed E-state index contributed by atoms with van der Waals surface area (Å²) in [6.45, 7) is 6.69. The van der Waals surface area contributed by atoms with Crippen LogP contribution in [0.25, 0.3) is 5.69 Å². The van der Waals surface area contributed by atoms with E-state index >= 15 is 0 Å². The standard InChI is InChI=1S/C20H28N6O3/c1-4-21-19(28)22-20(11-9-14(3)10-12-20)18-23-24-25-26(18)16-8-6-7-15(13-16)17(27)29-5-2/h6-8,13-14H,4-5,9-12H2,1-3H3,(H2,21,22,28). The van der Waals surface area contributed by atoms with E-state index in [9.17, 15) is 9.59 Å². The highest BCUT2D eigenvalue weighted by atomic mass is 16.5. The van der Waals surface area contributed by atoms with Gasteiger partial charge in [-0.05, 0) is 74.1 Å². The van der Waals surface area contributed by atoms with Gasteiger partial charge in [-0.3, -0.25) is 0 Å². The summed E-state index contributed by atoms with van der Waals surface area (Å²) < 4.78 is 6.69. The third-order valence-electron chi connectivity index (χ3n) is 5.32. The summed E-state index contributed by atoms with van der Waals surface area (Å²) >= 11 is 0. The third-order valence-corrected chi connectivity index (χ3v) is 5.32. The number of nitrogens with one attached hydrogen (secondary N) is 2. The van der Waals surface area contributed by atoms with Gasteiger partial charge in [-0.2, -0.15) is 4.68 Å². The Morgan fingerprint density at radius 1 is 1.28 bits per heavy atom. The van der Waals surface area contributed by atoms with Gasteiger partial charge in [-0.15, -0.1) is 5.10 Å². The van der Waals surface area contributed by atoms with E-state index in [2.05, 4.69) is 33.1 Å². The van der Waals surface area contributed by atoms with E-state index < -0.39 is 11.5 Å². The average molecular weight is 400 g/mol. The van der Waals surface area contributed by atoms with Crippen molar-refractivity contribution in [1.82, 2.24) is 30.8 Å². The van der Waals surface area contributed by atoms with E-state index in [1.807, 2.05) is 13.0 Å². The Morgan fingerprint density at radius 3 is 2.72 bits per heavy atom. The molecule has 0 saturated heterocycles. The number of rotatable bonds is 6. The fourth-order valence-corrected chi connectivity index (χ4v) is 3.72. The first-order valence-electron chi connectivity index (χ1n) is 10.1. The quantitative estimate of drug-likeness (QED) is 0.721. The third kappa shape index (κ3) is 4.55. The zero-order valence-electron chi connectivity index (χ0n) is 17.1. The Morgan fingerprint density at radius 2 is 2.03 bits per heavy atom. The predicted molar refractivity (Wildman–Crippen MR) is 107 cm³/mol. The summed E-state index contributed by atoms with van der Waals surface area (Å²) in [5.41, 5.74) is 0.398. The molecule has 1 aromatic heterocycles. The van der Waals surface area contributed by atoms with Crippen molar-refractivity contribution in [3.05, 3.63) is 35.7 Å². The van der Waals surface area contributed by atoms with Gasteiger partial charge in [0.25, 0.3) is 0 Å². The second-order valence-corrected chi connectivity index (χ2v) is 7.43. The maximum Gasteiger partial charge on any atom is 0.338 e. The fourth-order valence-electron chi connectivity index (χ4n) is 3.72. The number of urea groups is 1. The Labute approximate surface area is 170 Å². The molecule has 9 heteroatoms. The molecule has 0 unspecified atom stereocenters. The van der Waals surface area contributed by atoms with Crippen molar-refractivity contribution in [1.29, 1.82) is 0 Å². The smallest absolute Gasteiger partial charge is 0.338 e. The first-order chi connectivity index (χ1) is 14.0. The van der Waals surface area contributed by atoms with Gasteiger partial charge in [0.2, 0.25) is 0 Å². The lowest BCUT2D eigenvalue weighted by Crippen LogP contribution is -2.53. The molecule has 1 aliphatic carbocycles. The molecule has 9 nitrogen and oxygen atoms in total. The number of hydrogen-bond donors (Lipinski definition) is 2. The van der Waals surface area contributed by atoms with Gasteiger partial charge in [0, 0.05) is 6.54 Å². The molecule has 3 rings (SSSR count). The molecule has 1 aromatic carbocycles. The van der Waals surface area contributed by atoms with Crippen LogP contribution in [0.5, 0.6) is 0 Å². The molecule has 156 valence electrons. The number of hydrogen-bond acceptors (Lipinski definition) is 6. The van der Waals surface area contributed by atoms with Gasteiger partial charge >= 0.3 is 12.0 Å². The number of aromatic nitrogens is 4. The zero-order valence-corrected chi connectivity index (χ0v) is 17.1. The van der Waals surface area contributed by atoms with Gasteiger partial charge in [0.1, 0.15) is 5.54 Å². The molecule has 1 fully saturated rings. The van der Waals surface area contributed by atoms with Crippen molar-refractivity contribution in [2.45, 2.75) is 52.0 Å². The number of carbonyl (C=O) groups excluding carboxylic acids is 2. The number of nitrogens with zero attached hydrogens (tertiary/aromatic N) is 4. The molecule has 29 heavy (non-hydrogen) atoms. The monoisotopic (exact) mass is 400 g/mol. The molecule has 1 heterocycles. The van der Waals surface area contributed by atoms with E-state index in [1.54, 1.807) is 29.8 Å². The van der Waals surface area contributed by atoms with Crippen LogP contribution in [0.15, 0.2) is 24.3 Å². The maximum atomic E-state index is 12.4. The minimum atomic E-state index is -0.671. The van der Waals surface area contributed by atoms with Crippen LogP contribution in [0.1, 0.15) is 62.6 Å². The van der Waals surface area contributed by atoms with E-state index in [4.69, 9.17) is 4.74 Å². The van der Waals surface area contributed by atoms with Crippen LogP contribution in [-0.4, -0.2) is 45.4 Å². The van der Waals surface area contributed by atoms with Crippen LogP contribution < -0.4 is 10.6 Å². The SMILES string of the molecule is CCNC(=O)NC1(c2nnnn2-c2cccc(C(=O)OCC)c2)CCC(C)CC1. The molecule has 2 N–H and O–H groups in total. The van der Waals surface area contributed by atoms with Crippen LogP contribution in [0.4, 0.5) is 4.79 Å². The molecule has 0 bridgehead atoms. The molecule has 0 atom stereocenters. The lowest BCUT2D eigenvalue weighted by atomic mass is 9.76. The minimum Gasteiger partial charge on any atom is -0.462 e. The van der Waals surface area contributed by atoms with Crippen LogP contribution in [-0.2, 0) is 10.3 Å². The van der Waals surface area contributed by atoms with E-state index in [0.29, 0.717) is 36.1 Å². The molecule has 0 radical (unpaired) electrons. The van der Waals surface area contributed by atoms with E-state index in [-0.39, 0.29) is 6.03 Å². The Bertz CT molecular complexity index is 857. The second kappa shape index (κ2) is 9.02. The van der Waals surface area contributed by atoms with Crippen molar-refractivity contribution in [3.63, 3.8) is 0 Å². The minimum absolute atomic E-state index is 0.239. The van der Waals surface area contributed by atoms with Crippen LogP contribution >= 0.6 is 0 Å². The van der Waals surface area contributed by atoms with Gasteiger partial charge in [0.05, 0.1) is 17.9 Å². The highest BCUT2D eigenvalue weighted by Crippen LogP contribution is 2.39. The molecule has 1 saturated carbocycles. The number of tetrazole rings is 1. The molecule has 0 spiro atoms. The first kappa shape index (κ1) is 20.8. The Balaban J connectivity index is 1.98. The highest BCUT2D eigenvalue weighted by molar-refractivity contribution is 5.90. The Hall–Kier alpha value is -2.97. The van der Waals surface area contributed by atoms with Crippen molar-refractivity contribution >= 4 is 12.0 Å². The first-order valence-corrected chi connectivity index (χ1v) is 10.1. The van der Waals surface area contributed by atoms with Crippen molar-refractivity contribution in [2.24, 2.45) is 5.92 Å². The number of amides is 2. The highest BCUT2D eigenvalue weighted by Gasteiger charge is 2.42. The van der Waals surface area contributed by atoms with E-state index in [0.717, 1.165) is 25.7 Å². The van der Waals surface area contributed by atoms with Crippen LogP contribution in [0.2, 0.25) is 0 Å². The topological polar surface area (TPSA) is 111 Å². The van der Waals surface area contributed by atoms with Crippen LogP contribution in [0, 0.1) is 5.92 Å². The number of esters is 1. The molecular formula is C20H28N6O3. The number of benzene rings is 1. The van der Waals surface area contributed by atoms with Gasteiger partial charge in [-0.25, -0.2) is 9.59 Å². The molecule has 2 amide bonds. The lowest BCUT2D eigenvalue weighted by molar-refractivity contribution is 0.0526. The Kier molecular flexibility index (Phi) is 6.46. The predicted octanol–water partition coefficient (Wildman–Crippen LogP) is 2.56. The summed E-state index contributed by atoms with van der Waals surface area (Å²) in [6, 6.07) is 6.74. The van der Waals surface area contributed by atoms with Gasteiger partial charge in [0.15, 0.2) is 5.82 Å². The summed E-state index contributed by atoms with van der Waals surface area (Å²) in [5.74, 6) is 0.748. The van der Waals surface area contributed by atoms with Crippen molar-refractivity contribution in [2.75, 3.05) is 13.2 Å². The summed E-state index contributed by atoms with van der Waals surface area (Å²) in [7, 11) is 0. The molecule has 1 aliphatic rings. The van der Waals surface area contributed by atoms with Gasteiger partial charge < -0.3 is 15.4 Å². The zero-order chi connectivity index (χ0) is 20.9. The largest absolute Gasteiger partial charge is 0.462 e.